The van der Waals surface area contributed by atoms with Crippen LogP contribution < -0.4 is 33.2 Å². The minimum absolute atomic E-state index is 0.0588. The molecule has 0 saturated carbocycles. The number of hydrogen-bond acceptors (Lipinski definition) is 9. The first kappa shape index (κ1) is 31.9. The molecule has 1 heterocycles. The summed E-state index contributed by atoms with van der Waals surface area (Å²) < 4.78 is 0. The van der Waals surface area contributed by atoms with E-state index in [-0.39, 0.29) is 43.3 Å². The van der Waals surface area contributed by atoms with Crippen LogP contribution >= 0.6 is 12.6 Å². The first-order chi connectivity index (χ1) is 19.0. The standard InChI is InChI=1S/C24H35N9O6S/c25-16(8-13-3-5-15(34)6-4-13)20(35)31-17(2-1-7-29-24(26)27)21(36)33-19(11-40)22(37)32-18(23(38)39)9-14-10-28-12-30-14/h3-6,10,12,16-19,34,40H,1-2,7-9,11,25H2,(H,28,30)(H,31,35)(H,32,37)(H,33,36)(H,38,39)(H4,26,27,29). The van der Waals surface area contributed by atoms with Crippen molar-refractivity contribution in [2.75, 3.05) is 12.3 Å². The highest BCUT2D eigenvalue weighted by molar-refractivity contribution is 7.80. The van der Waals surface area contributed by atoms with Crippen molar-refractivity contribution >= 4 is 42.3 Å². The second-order valence-electron chi connectivity index (χ2n) is 8.91. The third kappa shape index (κ3) is 10.8. The smallest absolute Gasteiger partial charge is 0.326 e. The molecule has 0 radical (unpaired) electrons. The minimum Gasteiger partial charge on any atom is -0.508 e. The van der Waals surface area contributed by atoms with Crippen LogP contribution in [0.2, 0.25) is 0 Å². The van der Waals surface area contributed by atoms with Gasteiger partial charge in [0.05, 0.1) is 12.4 Å². The lowest BCUT2D eigenvalue weighted by Crippen LogP contribution is -2.58. The van der Waals surface area contributed by atoms with E-state index in [9.17, 15) is 29.4 Å². The second-order valence-corrected chi connectivity index (χ2v) is 9.28. The molecule has 4 atom stereocenters. The Morgan fingerprint density at radius 3 is 2.17 bits per heavy atom. The highest BCUT2D eigenvalue weighted by Crippen LogP contribution is 2.11. The number of carbonyl (C=O) groups is 4. The van der Waals surface area contributed by atoms with Crippen molar-refractivity contribution in [3.63, 3.8) is 0 Å². The van der Waals surface area contributed by atoms with Crippen LogP contribution in [0.1, 0.15) is 24.1 Å². The molecule has 0 aliphatic carbocycles. The lowest BCUT2D eigenvalue weighted by atomic mass is 10.0. The number of aliphatic carboxylic acids is 1. The summed E-state index contributed by atoms with van der Waals surface area (Å²) in [6, 6.07) is 1.55. The van der Waals surface area contributed by atoms with E-state index in [1.165, 1.54) is 24.7 Å². The van der Waals surface area contributed by atoms with Gasteiger partial charge in [0.25, 0.3) is 0 Å². The Labute approximate surface area is 235 Å². The van der Waals surface area contributed by atoms with Crippen molar-refractivity contribution in [1.29, 1.82) is 0 Å². The number of benzene rings is 1. The molecular formula is C24H35N9O6S. The fourth-order valence-corrected chi connectivity index (χ4v) is 3.84. The third-order valence-electron chi connectivity index (χ3n) is 5.72. The molecule has 0 spiro atoms. The minimum atomic E-state index is -1.29. The molecule has 3 amide bonds. The van der Waals surface area contributed by atoms with E-state index >= 15 is 0 Å². The first-order valence-corrected chi connectivity index (χ1v) is 12.9. The molecule has 2 rings (SSSR count). The van der Waals surface area contributed by atoms with Crippen LogP contribution in [0, 0.1) is 0 Å². The maximum Gasteiger partial charge on any atom is 0.326 e. The molecule has 2 aromatic rings. The van der Waals surface area contributed by atoms with Gasteiger partial charge >= 0.3 is 5.97 Å². The number of carboxylic acid groups (broad SMARTS) is 1. The number of rotatable bonds is 16. The predicted octanol–water partition coefficient (Wildman–Crippen LogP) is -2.25. The van der Waals surface area contributed by atoms with Crippen molar-refractivity contribution in [3.8, 4) is 5.75 Å². The number of aromatic nitrogens is 2. The molecule has 15 nitrogen and oxygen atoms in total. The Hall–Kier alpha value is -4.31. The van der Waals surface area contributed by atoms with Crippen LogP contribution in [0.4, 0.5) is 0 Å². The van der Waals surface area contributed by atoms with Gasteiger partial charge in [-0.2, -0.15) is 12.6 Å². The van der Waals surface area contributed by atoms with E-state index in [4.69, 9.17) is 17.2 Å². The quantitative estimate of drug-likeness (QED) is 0.0443. The SMILES string of the molecule is NC(N)=NCCCC(NC(=O)C(N)Cc1ccc(O)cc1)C(=O)NC(CS)C(=O)NC(Cc1cnc[nH]1)C(=O)O. The third-order valence-corrected chi connectivity index (χ3v) is 6.08. The van der Waals surface area contributed by atoms with Crippen molar-refractivity contribution in [1.82, 2.24) is 25.9 Å². The Bertz CT molecular complexity index is 1160. The summed E-state index contributed by atoms with van der Waals surface area (Å²) in [4.78, 5) is 60.9. The summed E-state index contributed by atoms with van der Waals surface area (Å²) in [5.41, 5.74) is 17.9. The molecule has 12 N–H and O–H groups in total. The Morgan fingerprint density at radius 1 is 0.975 bits per heavy atom. The van der Waals surface area contributed by atoms with E-state index in [2.05, 4.69) is 43.5 Å². The largest absolute Gasteiger partial charge is 0.508 e. The van der Waals surface area contributed by atoms with E-state index in [1.54, 1.807) is 12.1 Å². The number of aliphatic imine (C=N–C) groups is 1. The monoisotopic (exact) mass is 577 g/mol. The van der Waals surface area contributed by atoms with Gasteiger partial charge in [0.15, 0.2) is 5.96 Å². The van der Waals surface area contributed by atoms with Crippen LogP contribution in [-0.4, -0.2) is 86.3 Å². The van der Waals surface area contributed by atoms with Gasteiger partial charge in [-0.05, 0) is 37.0 Å². The maximum atomic E-state index is 13.2. The molecule has 0 bridgehead atoms. The predicted molar refractivity (Wildman–Crippen MR) is 149 cm³/mol. The van der Waals surface area contributed by atoms with Crippen LogP contribution in [0.5, 0.6) is 5.75 Å². The summed E-state index contributed by atoms with van der Waals surface area (Å²) in [7, 11) is 0. The number of nitrogens with one attached hydrogen (secondary N) is 4. The number of carbonyl (C=O) groups excluding carboxylic acids is 3. The van der Waals surface area contributed by atoms with Crippen LogP contribution in [-0.2, 0) is 32.0 Å². The molecule has 1 aromatic carbocycles. The number of guanidine groups is 1. The Kier molecular flexibility index (Phi) is 12.7. The Morgan fingerprint density at radius 2 is 1.60 bits per heavy atom. The summed E-state index contributed by atoms with van der Waals surface area (Å²) >= 11 is 4.12. The molecule has 0 aliphatic heterocycles. The van der Waals surface area contributed by atoms with Crippen LogP contribution in [0.3, 0.4) is 0 Å². The van der Waals surface area contributed by atoms with Gasteiger partial charge in [-0.25, -0.2) is 9.78 Å². The average molecular weight is 578 g/mol. The molecule has 4 unspecified atom stereocenters. The number of nitrogens with zero attached hydrogens (tertiary/aromatic N) is 2. The van der Waals surface area contributed by atoms with Gasteiger partial charge in [0, 0.05) is 30.6 Å². The topological polar surface area (TPSA) is 264 Å². The van der Waals surface area contributed by atoms with E-state index in [0.717, 1.165) is 0 Å². The number of thiol groups is 1. The number of H-pyrrole nitrogens is 1. The number of imidazole rings is 1. The number of amides is 3. The van der Waals surface area contributed by atoms with Gasteiger partial charge in [-0.1, -0.05) is 12.1 Å². The van der Waals surface area contributed by atoms with E-state index < -0.39 is 47.9 Å². The molecule has 0 fully saturated rings. The van der Waals surface area contributed by atoms with Crippen molar-refractivity contribution in [3.05, 3.63) is 48.0 Å². The molecule has 1 aromatic heterocycles. The molecule has 0 aliphatic rings. The molecule has 40 heavy (non-hydrogen) atoms. The first-order valence-electron chi connectivity index (χ1n) is 12.3. The fraction of sp³-hybridized carbons (Fsp3) is 0.417. The summed E-state index contributed by atoms with van der Waals surface area (Å²) in [6.07, 6.45) is 3.32. The van der Waals surface area contributed by atoms with Gasteiger partial charge in [0.1, 0.15) is 23.9 Å². The number of hydrogen-bond donors (Lipinski definition) is 10. The van der Waals surface area contributed by atoms with Crippen LogP contribution in [0.15, 0.2) is 41.8 Å². The van der Waals surface area contributed by atoms with Gasteiger partial charge in [0.2, 0.25) is 17.7 Å². The Balaban J connectivity index is 2.07. The normalized spacial score (nSPS) is 13.8. The fourth-order valence-electron chi connectivity index (χ4n) is 3.58. The number of phenolic OH excluding ortho intramolecular Hbond substituents is 1. The zero-order chi connectivity index (χ0) is 29.7. The van der Waals surface area contributed by atoms with E-state index in [1.807, 2.05) is 0 Å². The molecule has 218 valence electrons. The molecule has 0 saturated heterocycles. The molecule has 16 heteroatoms. The number of aromatic hydroxyl groups is 1. The van der Waals surface area contributed by atoms with E-state index in [0.29, 0.717) is 17.7 Å². The van der Waals surface area contributed by atoms with Crippen molar-refractivity contribution in [2.24, 2.45) is 22.2 Å². The highest BCUT2D eigenvalue weighted by Gasteiger charge is 2.30. The number of aromatic amines is 1. The lowest BCUT2D eigenvalue weighted by molar-refractivity contribution is -0.142. The lowest BCUT2D eigenvalue weighted by Gasteiger charge is -2.24. The van der Waals surface area contributed by atoms with Crippen molar-refractivity contribution in [2.45, 2.75) is 49.9 Å². The number of carboxylic acids is 1. The highest BCUT2D eigenvalue weighted by atomic mass is 32.1. The van der Waals surface area contributed by atoms with Gasteiger partial charge in [-0.15, -0.1) is 0 Å². The summed E-state index contributed by atoms with van der Waals surface area (Å²) in [5, 5.41) is 26.4. The summed E-state index contributed by atoms with van der Waals surface area (Å²) in [5.74, 6) is -3.58. The van der Waals surface area contributed by atoms with Crippen molar-refractivity contribution < 1.29 is 29.4 Å². The molecular weight excluding hydrogens is 542 g/mol. The maximum absolute atomic E-state index is 13.2. The van der Waals surface area contributed by atoms with Crippen LogP contribution in [0.25, 0.3) is 0 Å². The number of nitrogens with two attached hydrogens (primary N) is 3. The second kappa shape index (κ2) is 15.9. The zero-order valence-corrected chi connectivity index (χ0v) is 22.5. The number of phenols is 1. The van der Waals surface area contributed by atoms with Gasteiger partial charge < -0.3 is 48.3 Å². The van der Waals surface area contributed by atoms with Gasteiger partial charge in [-0.3, -0.25) is 19.4 Å². The average Bonchev–Trinajstić information content (AvgIpc) is 3.42. The summed E-state index contributed by atoms with van der Waals surface area (Å²) in [6.45, 7) is 0.186. The zero-order valence-electron chi connectivity index (χ0n) is 21.6.